The highest BCUT2D eigenvalue weighted by molar-refractivity contribution is 5.88. The summed E-state index contributed by atoms with van der Waals surface area (Å²) in [6, 6.07) is 3.26. The molecule has 0 spiro atoms. The molecule has 1 N–H and O–H groups in total. The van der Waals surface area contributed by atoms with Crippen LogP contribution in [-0.4, -0.2) is 57.4 Å². The number of furan rings is 1. The lowest BCUT2D eigenvalue weighted by molar-refractivity contribution is -0.139. The van der Waals surface area contributed by atoms with Crippen LogP contribution in [0, 0.1) is 13.8 Å². The van der Waals surface area contributed by atoms with Crippen LogP contribution in [0.2, 0.25) is 0 Å². The molecule has 0 saturated carbocycles. The van der Waals surface area contributed by atoms with Crippen molar-refractivity contribution in [3.63, 3.8) is 0 Å². The largest absolute Gasteiger partial charge is 0.465 e. The molecule has 9 nitrogen and oxygen atoms in total. The summed E-state index contributed by atoms with van der Waals surface area (Å²) in [5.41, 5.74) is 0. The Morgan fingerprint density at radius 2 is 2.22 bits per heavy atom. The number of hydrogen-bond acceptors (Lipinski definition) is 7. The number of nitrogens with one attached hydrogen (secondary N) is 1. The Hall–Kier alpha value is -2.68. The minimum Gasteiger partial charge on any atom is -0.465 e. The smallest absolute Gasteiger partial charge is 0.237 e. The predicted molar refractivity (Wildman–Crippen MR) is 95.4 cm³/mol. The molecule has 2 aromatic rings. The molecule has 0 unspecified atom stereocenters. The summed E-state index contributed by atoms with van der Waals surface area (Å²) in [6.07, 6.45) is 0.0935. The van der Waals surface area contributed by atoms with E-state index in [0.717, 1.165) is 11.5 Å². The van der Waals surface area contributed by atoms with E-state index < -0.39 is 6.04 Å². The number of carbonyl (C=O) groups excluding carboxylic acids is 2. The number of carbonyl (C=O) groups is 2. The van der Waals surface area contributed by atoms with Gasteiger partial charge in [0.25, 0.3) is 0 Å². The van der Waals surface area contributed by atoms with Gasteiger partial charge in [0.2, 0.25) is 17.7 Å². The van der Waals surface area contributed by atoms with Gasteiger partial charge >= 0.3 is 0 Å². The zero-order valence-electron chi connectivity index (χ0n) is 15.9. The second-order valence-electron chi connectivity index (χ2n) is 6.63. The van der Waals surface area contributed by atoms with Crippen LogP contribution in [0.15, 0.2) is 21.1 Å². The molecule has 1 fully saturated rings. The summed E-state index contributed by atoms with van der Waals surface area (Å²) >= 11 is 0. The van der Waals surface area contributed by atoms with E-state index in [9.17, 15) is 9.59 Å². The van der Waals surface area contributed by atoms with Crippen molar-refractivity contribution in [2.75, 3.05) is 19.6 Å². The number of aryl methyl sites for hydroxylation is 2. The molecule has 1 saturated heterocycles. The third-order valence-corrected chi connectivity index (χ3v) is 4.60. The molecular formula is C18H25N5O4. The third-order valence-electron chi connectivity index (χ3n) is 4.60. The molecule has 2 amide bonds. The van der Waals surface area contributed by atoms with Crippen molar-refractivity contribution in [3.8, 4) is 0 Å². The first kappa shape index (κ1) is 19.1. The van der Waals surface area contributed by atoms with Crippen LogP contribution in [-0.2, 0) is 22.7 Å². The van der Waals surface area contributed by atoms with Crippen molar-refractivity contribution >= 4 is 11.8 Å². The maximum Gasteiger partial charge on any atom is 0.237 e. The molecule has 9 heteroatoms. The molecule has 3 rings (SSSR count). The van der Waals surface area contributed by atoms with Gasteiger partial charge in [-0.05, 0) is 26.0 Å². The van der Waals surface area contributed by atoms with Crippen molar-refractivity contribution in [2.45, 2.75) is 46.3 Å². The zero-order valence-corrected chi connectivity index (χ0v) is 15.9. The second kappa shape index (κ2) is 8.34. The summed E-state index contributed by atoms with van der Waals surface area (Å²) in [4.78, 5) is 33.0. The minimum atomic E-state index is -0.530. The predicted octanol–water partition coefficient (Wildman–Crippen LogP) is 1.02. The average molecular weight is 375 g/mol. The Morgan fingerprint density at radius 3 is 2.85 bits per heavy atom. The van der Waals surface area contributed by atoms with E-state index in [4.69, 9.17) is 8.94 Å². The SMILES string of the molecule is CCN(Cc1noc(C)n1)C(=O)C[C@H]1C(=O)NCCN1Cc1ccc(C)o1. The number of amides is 2. The fourth-order valence-electron chi connectivity index (χ4n) is 3.19. The third kappa shape index (κ3) is 4.73. The molecule has 1 aliphatic heterocycles. The maximum atomic E-state index is 12.8. The Bertz CT molecular complexity index is 799. The van der Waals surface area contributed by atoms with Gasteiger partial charge in [-0.1, -0.05) is 5.16 Å². The fourth-order valence-corrected chi connectivity index (χ4v) is 3.19. The highest BCUT2D eigenvalue weighted by Crippen LogP contribution is 2.17. The number of hydrogen-bond donors (Lipinski definition) is 1. The van der Waals surface area contributed by atoms with Gasteiger partial charge in [0.15, 0.2) is 5.82 Å². The molecular weight excluding hydrogens is 350 g/mol. The molecule has 2 aromatic heterocycles. The van der Waals surface area contributed by atoms with Gasteiger partial charge in [-0.3, -0.25) is 14.5 Å². The van der Waals surface area contributed by atoms with Crippen molar-refractivity contribution < 1.29 is 18.5 Å². The molecule has 0 aliphatic carbocycles. The Labute approximate surface area is 157 Å². The number of piperazine rings is 1. The number of aromatic nitrogens is 2. The first-order chi connectivity index (χ1) is 13.0. The lowest BCUT2D eigenvalue weighted by Gasteiger charge is -2.35. The Morgan fingerprint density at radius 1 is 1.41 bits per heavy atom. The standard InChI is InChI=1S/C18H25N5O4/c1-4-22(11-16-20-13(3)27-21-16)17(24)9-15-18(25)19-7-8-23(15)10-14-6-5-12(2)26-14/h5-6,15H,4,7-11H2,1-3H3,(H,19,25)/t15-/m0/s1. The van der Waals surface area contributed by atoms with Gasteiger partial charge in [0, 0.05) is 26.6 Å². The van der Waals surface area contributed by atoms with Crippen LogP contribution in [0.25, 0.3) is 0 Å². The Kier molecular flexibility index (Phi) is 5.90. The molecule has 1 aliphatic rings. The quantitative estimate of drug-likeness (QED) is 0.770. The summed E-state index contributed by atoms with van der Waals surface area (Å²) in [5, 5.41) is 6.69. The molecule has 0 bridgehead atoms. The van der Waals surface area contributed by atoms with Gasteiger partial charge in [0.05, 0.1) is 25.6 Å². The highest BCUT2D eigenvalue weighted by atomic mass is 16.5. The van der Waals surface area contributed by atoms with Crippen molar-refractivity contribution in [1.29, 1.82) is 0 Å². The second-order valence-corrected chi connectivity index (χ2v) is 6.63. The minimum absolute atomic E-state index is 0.0935. The van der Waals surface area contributed by atoms with Crippen LogP contribution in [0.5, 0.6) is 0 Å². The fraction of sp³-hybridized carbons (Fsp3) is 0.556. The summed E-state index contributed by atoms with van der Waals surface area (Å²) in [6.45, 7) is 7.95. The zero-order chi connectivity index (χ0) is 19.4. The molecule has 146 valence electrons. The normalized spacial score (nSPS) is 17.7. The van der Waals surface area contributed by atoms with Crippen LogP contribution >= 0.6 is 0 Å². The molecule has 0 radical (unpaired) electrons. The Balaban J connectivity index is 1.67. The highest BCUT2D eigenvalue weighted by Gasteiger charge is 2.33. The molecule has 27 heavy (non-hydrogen) atoms. The lowest BCUT2D eigenvalue weighted by atomic mass is 10.1. The topological polar surface area (TPSA) is 105 Å². The number of nitrogens with zero attached hydrogens (tertiary/aromatic N) is 4. The van der Waals surface area contributed by atoms with E-state index >= 15 is 0 Å². The molecule has 3 heterocycles. The van der Waals surface area contributed by atoms with Crippen LogP contribution < -0.4 is 5.32 Å². The maximum absolute atomic E-state index is 12.8. The molecule has 0 aromatic carbocycles. The van der Waals surface area contributed by atoms with Gasteiger partial charge in [-0.15, -0.1) is 0 Å². The van der Waals surface area contributed by atoms with E-state index in [1.807, 2.05) is 30.9 Å². The monoisotopic (exact) mass is 375 g/mol. The van der Waals surface area contributed by atoms with Gasteiger partial charge in [0.1, 0.15) is 11.5 Å². The first-order valence-corrected chi connectivity index (χ1v) is 9.10. The van der Waals surface area contributed by atoms with E-state index in [0.29, 0.717) is 37.9 Å². The van der Waals surface area contributed by atoms with E-state index in [-0.39, 0.29) is 24.8 Å². The average Bonchev–Trinajstić information content (AvgIpc) is 3.23. The van der Waals surface area contributed by atoms with Crippen molar-refractivity contribution in [3.05, 3.63) is 35.4 Å². The van der Waals surface area contributed by atoms with Crippen molar-refractivity contribution in [1.82, 2.24) is 25.3 Å². The van der Waals surface area contributed by atoms with Gasteiger partial charge < -0.3 is 19.2 Å². The van der Waals surface area contributed by atoms with E-state index in [2.05, 4.69) is 15.5 Å². The van der Waals surface area contributed by atoms with E-state index in [1.54, 1.807) is 11.8 Å². The van der Waals surface area contributed by atoms with Crippen molar-refractivity contribution in [2.24, 2.45) is 0 Å². The summed E-state index contributed by atoms with van der Waals surface area (Å²) in [7, 11) is 0. The van der Waals surface area contributed by atoms with E-state index in [1.165, 1.54) is 0 Å². The van der Waals surface area contributed by atoms with Crippen LogP contribution in [0.1, 0.15) is 36.6 Å². The molecule has 1 atom stereocenters. The van der Waals surface area contributed by atoms with Gasteiger partial charge in [-0.2, -0.15) is 4.98 Å². The summed E-state index contributed by atoms with van der Waals surface area (Å²) in [5.74, 6) is 2.27. The van der Waals surface area contributed by atoms with Gasteiger partial charge in [-0.25, -0.2) is 0 Å². The number of rotatable bonds is 7. The lowest BCUT2D eigenvalue weighted by Crippen LogP contribution is -2.56. The summed E-state index contributed by atoms with van der Waals surface area (Å²) < 4.78 is 10.6. The first-order valence-electron chi connectivity index (χ1n) is 9.10. The van der Waals surface area contributed by atoms with Crippen LogP contribution in [0.3, 0.4) is 0 Å². The van der Waals surface area contributed by atoms with Crippen LogP contribution in [0.4, 0.5) is 0 Å².